The lowest BCUT2D eigenvalue weighted by Crippen LogP contribution is -1.90. The molecule has 52 heavy (non-hydrogen) atoms. The van der Waals surface area contributed by atoms with Crippen molar-refractivity contribution in [2.75, 3.05) is 0 Å². The number of hydrogen-bond donors (Lipinski definition) is 2. The van der Waals surface area contributed by atoms with Crippen LogP contribution in [-0.2, 0) is 0 Å². The van der Waals surface area contributed by atoms with Crippen molar-refractivity contribution >= 4 is 45.9 Å². The first-order valence-electron chi connectivity index (χ1n) is 17.5. The Balaban J connectivity index is 1.51. The smallest absolute Gasteiger partial charge is 0.0809 e. The van der Waals surface area contributed by atoms with Gasteiger partial charge in [-0.1, -0.05) is 146 Å². The highest BCUT2D eigenvalue weighted by Gasteiger charge is 2.21. The fourth-order valence-corrected chi connectivity index (χ4v) is 7.24. The first-order valence-corrected chi connectivity index (χ1v) is 17.5. The lowest BCUT2D eigenvalue weighted by atomic mass is 9.99. The molecule has 9 rings (SSSR count). The standard InChI is InChI=1S/C48H34N4/c1-2-3-16-36-31-43-46(34-21-12-6-13-22-34)41-28-27-39(50-41)44(32-17-8-4-9-18-32)37-25-26-38(49-37)45(33-19-10-5-11-20-33)40-29-30-42(51-40)47(48(36)52-43)35-23-14-7-15-24-35/h2-31,50-51H,1H2/b16-3+,44-37?,44-39?,45-38?,45-40?,46-41?,46-43?,47-42?,48-47?. The van der Waals surface area contributed by atoms with Crippen LogP contribution < -0.4 is 0 Å². The fraction of sp³-hybridized carbons (Fsp3) is 0. The van der Waals surface area contributed by atoms with Crippen LogP contribution in [0, 0.1) is 0 Å². The summed E-state index contributed by atoms with van der Waals surface area (Å²) in [4.78, 5) is 18.6. The van der Waals surface area contributed by atoms with Gasteiger partial charge in [0.2, 0.25) is 0 Å². The molecule has 0 spiro atoms. The summed E-state index contributed by atoms with van der Waals surface area (Å²) in [6.07, 6.45) is 12.3. The minimum Gasteiger partial charge on any atom is -0.354 e. The summed E-state index contributed by atoms with van der Waals surface area (Å²) >= 11 is 0. The molecule has 0 saturated carbocycles. The van der Waals surface area contributed by atoms with Gasteiger partial charge < -0.3 is 9.97 Å². The van der Waals surface area contributed by atoms with Crippen LogP contribution in [0.25, 0.3) is 90.4 Å². The van der Waals surface area contributed by atoms with Gasteiger partial charge >= 0.3 is 0 Å². The highest BCUT2D eigenvalue weighted by molar-refractivity contribution is 6.03. The van der Waals surface area contributed by atoms with Gasteiger partial charge in [-0.3, -0.25) is 0 Å². The molecule has 7 aromatic rings. The maximum Gasteiger partial charge on any atom is 0.0809 e. The molecule has 0 radical (unpaired) electrons. The summed E-state index contributed by atoms with van der Waals surface area (Å²) in [7, 11) is 0. The predicted octanol–water partition coefficient (Wildman–Crippen LogP) is 12.4. The molecule has 0 saturated heterocycles. The molecule has 5 heterocycles. The zero-order valence-electron chi connectivity index (χ0n) is 28.4. The summed E-state index contributed by atoms with van der Waals surface area (Å²) in [5, 5.41) is 0. The molecular weight excluding hydrogens is 633 g/mol. The van der Waals surface area contributed by atoms with Gasteiger partial charge in [0.05, 0.1) is 22.8 Å². The summed E-state index contributed by atoms with van der Waals surface area (Å²) < 4.78 is 0. The topological polar surface area (TPSA) is 57.4 Å². The Morgan fingerprint density at radius 2 is 0.808 bits per heavy atom. The molecule has 0 amide bonds. The molecule has 0 aliphatic carbocycles. The Morgan fingerprint density at radius 1 is 0.423 bits per heavy atom. The van der Waals surface area contributed by atoms with Crippen molar-refractivity contribution in [3.8, 4) is 44.5 Å². The van der Waals surface area contributed by atoms with Gasteiger partial charge in [-0.25, -0.2) is 9.97 Å². The number of nitrogens with one attached hydrogen (secondary N) is 2. The Morgan fingerprint density at radius 3 is 1.23 bits per heavy atom. The highest BCUT2D eigenvalue weighted by atomic mass is 14.8. The van der Waals surface area contributed by atoms with Gasteiger partial charge in [-0.15, -0.1) is 0 Å². The Kier molecular flexibility index (Phi) is 7.95. The Labute approximate surface area is 302 Å². The SMILES string of the molecule is C=C/C=C/C1=Cc2nc1c(-c1ccccc1)c1ccc([nH]1)c(-c1ccccc1)c1nc(c(-c3ccccc3)c3ccc([nH]3)c2-c2ccccc2)C=C1. The number of H-pyrrole nitrogens is 2. The molecule has 4 nitrogen and oxygen atoms in total. The summed E-state index contributed by atoms with van der Waals surface area (Å²) in [6, 6.07) is 50.6. The van der Waals surface area contributed by atoms with Crippen LogP contribution in [0.15, 0.2) is 170 Å². The van der Waals surface area contributed by atoms with E-state index in [0.717, 1.165) is 94.9 Å². The molecule has 2 aliphatic heterocycles. The van der Waals surface area contributed by atoms with E-state index in [2.05, 4.69) is 162 Å². The molecule has 4 aromatic carbocycles. The van der Waals surface area contributed by atoms with Crippen LogP contribution in [0.2, 0.25) is 0 Å². The van der Waals surface area contributed by atoms with Gasteiger partial charge in [0.1, 0.15) is 0 Å². The average Bonchev–Trinajstić information content (AvgIpc) is 4.03. The van der Waals surface area contributed by atoms with Gasteiger partial charge in [0.15, 0.2) is 0 Å². The molecule has 2 N–H and O–H groups in total. The van der Waals surface area contributed by atoms with Crippen molar-refractivity contribution < 1.29 is 0 Å². The quantitative estimate of drug-likeness (QED) is 0.174. The van der Waals surface area contributed by atoms with Gasteiger partial charge in [0, 0.05) is 49.9 Å². The lowest BCUT2D eigenvalue weighted by molar-refractivity contribution is 1.31. The first kappa shape index (κ1) is 31.0. The van der Waals surface area contributed by atoms with Crippen molar-refractivity contribution in [3.63, 3.8) is 0 Å². The number of rotatable bonds is 6. The molecule has 2 aliphatic rings. The van der Waals surface area contributed by atoms with Crippen LogP contribution in [0.1, 0.15) is 22.8 Å². The molecule has 0 unspecified atom stereocenters. The molecule has 3 aromatic heterocycles. The van der Waals surface area contributed by atoms with Gasteiger partial charge in [-0.2, -0.15) is 0 Å². The van der Waals surface area contributed by atoms with Crippen molar-refractivity contribution in [1.82, 2.24) is 19.9 Å². The number of allylic oxidation sites excluding steroid dienone is 4. The fourth-order valence-electron chi connectivity index (χ4n) is 7.24. The molecule has 8 bridgehead atoms. The van der Waals surface area contributed by atoms with E-state index in [1.807, 2.05) is 36.4 Å². The minimum absolute atomic E-state index is 0.872. The first-order chi connectivity index (χ1) is 25.7. The zero-order chi connectivity index (χ0) is 34.9. The summed E-state index contributed by atoms with van der Waals surface area (Å²) in [5.74, 6) is 0. The monoisotopic (exact) mass is 666 g/mol. The largest absolute Gasteiger partial charge is 0.354 e. The van der Waals surface area contributed by atoms with E-state index < -0.39 is 0 Å². The van der Waals surface area contributed by atoms with Crippen LogP contribution in [0.3, 0.4) is 0 Å². The Bertz CT molecular complexity index is 2710. The second kappa shape index (κ2) is 13.3. The van der Waals surface area contributed by atoms with E-state index in [9.17, 15) is 0 Å². The molecule has 246 valence electrons. The molecule has 4 heteroatoms. The molecule has 0 atom stereocenters. The third-order valence-corrected chi connectivity index (χ3v) is 9.55. The maximum atomic E-state index is 5.52. The average molecular weight is 667 g/mol. The number of benzene rings is 4. The van der Waals surface area contributed by atoms with Crippen molar-refractivity contribution in [2.24, 2.45) is 0 Å². The Hall–Kier alpha value is -7.04. The van der Waals surface area contributed by atoms with E-state index in [-0.39, 0.29) is 0 Å². The minimum atomic E-state index is 0.872. The third-order valence-electron chi connectivity index (χ3n) is 9.55. The van der Waals surface area contributed by atoms with Crippen molar-refractivity contribution in [1.29, 1.82) is 0 Å². The van der Waals surface area contributed by atoms with Crippen LogP contribution in [-0.4, -0.2) is 19.9 Å². The van der Waals surface area contributed by atoms with E-state index in [0.29, 0.717) is 0 Å². The van der Waals surface area contributed by atoms with Crippen molar-refractivity contribution in [2.45, 2.75) is 0 Å². The highest BCUT2D eigenvalue weighted by Crippen LogP contribution is 2.40. The zero-order valence-corrected chi connectivity index (χ0v) is 28.4. The predicted molar refractivity (Wildman–Crippen MR) is 219 cm³/mol. The lowest BCUT2D eigenvalue weighted by Gasteiger charge is -2.07. The van der Waals surface area contributed by atoms with E-state index >= 15 is 0 Å². The number of aromatic nitrogens is 4. The van der Waals surface area contributed by atoms with E-state index in [1.165, 1.54) is 0 Å². The number of hydrogen-bond acceptors (Lipinski definition) is 2. The summed E-state index contributed by atoms with van der Waals surface area (Å²) in [5.41, 5.74) is 16.8. The second-order valence-corrected chi connectivity index (χ2v) is 12.8. The molecule has 0 fully saturated rings. The van der Waals surface area contributed by atoms with Gasteiger partial charge in [0.25, 0.3) is 0 Å². The van der Waals surface area contributed by atoms with Crippen LogP contribution in [0.5, 0.6) is 0 Å². The van der Waals surface area contributed by atoms with E-state index in [4.69, 9.17) is 9.97 Å². The number of aromatic amines is 2. The van der Waals surface area contributed by atoms with Crippen molar-refractivity contribution in [3.05, 3.63) is 193 Å². The van der Waals surface area contributed by atoms with E-state index in [1.54, 1.807) is 0 Å². The number of fused-ring (bicyclic) bond motifs is 8. The summed E-state index contributed by atoms with van der Waals surface area (Å²) in [6.45, 7) is 3.98. The van der Waals surface area contributed by atoms with Crippen LogP contribution in [0.4, 0.5) is 0 Å². The molecular formula is C48H34N4. The normalized spacial score (nSPS) is 12.3. The second-order valence-electron chi connectivity index (χ2n) is 12.8. The van der Waals surface area contributed by atoms with Gasteiger partial charge in [-0.05, 0) is 64.7 Å². The number of nitrogens with zero attached hydrogens (tertiary/aromatic N) is 2. The van der Waals surface area contributed by atoms with Crippen LogP contribution >= 0.6 is 0 Å². The maximum absolute atomic E-state index is 5.52. The third kappa shape index (κ3) is 5.62.